The lowest BCUT2D eigenvalue weighted by Gasteiger charge is -2.14. The van der Waals surface area contributed by atoms with Crippen LogP contribution in [0.4, 0.5) is 0 Å². The number of aromatic nitrogens is 1. The fraction of sp³-hybridized carbons (Fsp3) is 0.375. The molecule has 0 fully saturated rings. The number of nitrogens with two attached hydrogens (primary N) is 1. The SMILES string of the molecule is Cc1nc(C)c(C(C)NC(=O)Cc2ccccc2CN)s1. The molecule has 0 saturated carbocycles. The van der Waals surface area contributed by atoms with E-state index in [0.29, 0.717) is 13.0 Å². The maximum Gasteiger partial charge on any atom is 0.224 e. The van der Waals surface area contributed by atoms with Crippen molar-refractivity contribution in [1.82, 2.24) is 10.3 Å². The Hall–Kier alpha value is -1.72. The van der Waals surface area contributed by atoms with Crippen molar-refractivity contribution in [3.63, 3.8) is 0 Å². The molecule has 2 rings (SSSR count). The predicted octanol–water partition coefficient (Wildman–Crippen LogP) is 2.64. The Kier molecular flexibility index (Phi) is 5.09. The minimum Gasteiger partial charge on any atom is -0.348 e. The van der Waals surface area contributed by atoms with E-state index in [2.05, 4.69) is 10.3 Å². The average Bonchev–Trinajstić information content (AvgIpc) is 2.78. The van der Waals surface area contributed by atoms with Crippen LogP contribution in [0.2, 0.25) is 0 Å². The summed E-state index contributed by atoms with van der Waals surface area (Å²) >= 11 is 1.63. The van der Waals surface area contributed by atoms with Crippen molar-refractivity contribution in [2.45, 2.75) is 39.8 Å². The second-order valence-electron chi connectivity index (χ2n) is 5.12. The molecule has 1 heterocycles. The van der Waals surface area contributed by atoms with Crippen molar-refractivity contribution in [3.05, 3.63) is 51.0 Å². The van der Waals surface area contributed by atoms with Gasteiger partial charge in [0.15, 0.2) is 0 Å². The van der Waals surface area contributed by atoms with Gasteiger partial charge in [-0.25, -0.2) is 4.98 Å². The molecule has 0 aliphatic rings. The number of benzene rings is 1. The van der Waals surface area contributed by atoms with Crippen molar-refractivity contribution in [3.8, 4) is 0 Å². The smallest absolute Gasteiger partial charge is 0.224 e. The highest BCUT2D eigenvalue weighted by molar-refractivity contribution is 7.11. The van der Waals surface area contributed by atoms with Gasteiger partial charge in [0, 0.05) is 11.4 Å². The molecule has 0 saturated heterocycles. The van der Waals surface area contributed by atoms with E-state index < -0.39 is 0 Å². The maximum absolute atomic E-state index is 12.2. The number of nitrogens with one attached hydrogen (secondary N) is 1. The molecule has 0 aliphatic heterocycles. The third-order valence-electron chi connectivity index (χ3n) is 3.40. The van der Waals surface area contributed by atoms with Gasteiger partial charge in [0.2, 0.25) is 5.91 Å². The molecule has 5 heteroatoms. The van der Waals surface area contributed by atoms with Gasteiger partial charge in [-0.2, -0.15) is 0 Å². The molecule has 1 aromatic heterocycles. The maximum atomic E-state index is 12.2. The minimum absolute atomic E-state index is 0.00820. The van der Waals surface area contributed by atoms with Gasteiger partial charge in [0.05, 0.1) is 23.2 Å². The van der Waals surface area contributed by atoms with Gasteiger partial charge >= 0.3 is 0 Å². The van der Waals surface area contributed by atoms with Crippen LogP contribution in [0.3, 0.4) is 0 Å². The summed E-state index contributed by atoms with van der Waals surface area (Å²) in [5, 5.41) is 4.07. The molecule has 0 bridgehead atoms. The summed E-state index contributed by atoms with van der Waals surface area (Å²) in [5.41, 5.74) is 8.70. The molecule has 2 aromatic rings. The van der Waals surface area contributed by atoms with Gasteiger partial charge in [0.25, 0.3) is 0 Å². The summed E-state index contributed by atoms with van der Waals surface area (Å²) < 4.78 is 0. The molecule has 0 aliphatic carbocycles. The molecule has 21 heavy (non-hydrogen) atoms. The van der Waals surface area contributed by atoms with Crippen molar-refractivity contribution >= 4 is 17.2 Å². The molecule has 4 nitrogen and oxygen atoms in total. The number of thiazole rings is 1. The van der Waals surface area contributed by atoms with Gasteiger partial charge < -0.3 is 11.1 Å². The average molecular weight is 303 g/mol. The molecule has 3 N–H and O–H groups in total. The quantitative estimate of drug-likeness (QED) is 0.892. The van der Waals surface area contributed by atoms with Crippen LogP contribution in [0.5, 0.6) is 0 Å². The zero-order valence-electron chi connectivity index (χ0n) is 12.6. The van der Waals surface area contributed by atoms with Gasteiger partial charge in [-0.1, -0.05) is 24.3 Å². The van der Waals surface area contributed by atoms with Crippen LogP contribution in [0.25, 0.3) is 0 Å². The zero-order valence-corrected chi connectivity index (χ0v) is 13.5. The number of hydrogen-bond acceptors (Lipinski definition) is 4. The van der Waals surface area contributed by atoms with Crippen LogP contribution in [-0.4, -0.2) is 10.9 Å². The Labute approximate surface area is 129 Å². The van der Waals surface area contributed by atoms with Crippen molar-refractivity contribution < 1.29 is 4.79 Å². The first-order chi connectivity index (χ1) is 10.0. The normalized spacial score (nSPS) is 12.2. The summed E-state index contributed by atoms with van der Waals surface area (Å²) in [5.74, 6) is 0.00820. The molecule has 1 aromatic carbocycles. The molecule has 112 valence electrons. The standard InChI is InChI=1S/C16H21N3OS/c1-10-16(21-12(3)18-10)11(2)19-15(20)8-13-6-4-5-7-14(13)9-17/h4-7,11H,8-9,17H2,1-3H3,(H,19,20). The van der Waals surface area contributed by atoms with Crippen molar-refractivity contribution in [1.29, 1.82) is 0 Å². The van der Waals surface area contributed by atoms with Crippen LogP contribution in [0.15, 0.2) is 24.3 Å². The van der Waals surface area contributed by atoms with Crippen molar-refractivity contribution in [2.75, 3.05) is 0 Å². The van der Waals surface area contributed by atoms with Crippen LogP contribution in [-0.2, 0) is 17.8 Å². The van der Waals surface area contributed by atoms with E-state index in [1.54, 1.807) is 11.3 Å². The monoisotopic (exact) mass is 303 g/mol. The highest BCUT2D eigenvalue weighted by atomic mass is 32.1. The molecular formula is C16H21N3OS. The van der Waals surface area contributed by atoms with Crippen LogP contribution < -0.4 is 11.1 Å². The Balaban J connectivity index is 2.03. The predicted molar refractivity (Wildman–Crippen MR) is 86.2 cm³/mol. The Bertz CT molecular complexity index is 636. The Morgan fingerprint density at radius 3 is 2.57 bits per heavy atom. The second-order valence-corrected chi connectivity index (χ2v) is 6.36. The van der Waals surface area contributed by atoms with E-state index in [1.807, 2.05) is 45.0 Å². The number of aryl methyl sites for hydroxylation is 2. The topological polar surface area (TPSA) is 68.0 Å². The van der Waals surface area contributed by atoms with Gasteiger partial charge in [-0.3, -0.25) is 4.79 Å². The van der Waals surface area contributed by atoms with Crippen LogP contribution in [0, 0.1) is 13.8 Å². The number of hydrogen-bond donors (Lipinski definition) is 2. The highest BCUT2D eigenvalue weighted by Gasteiger charge is 2.16. The van der Waals surface area contributed by atoms with Crippen LogP contribution >= 0.6 is 11.3 Å². The summed E-state index contributed by atoms with van der Waals surface area (Å²) in [6.07, 6.45) is 0.356. The first kappa shape index (κ1) is 15.7. The zero-order chi connectivity index (χ0) is 15.4. The fourth-order valence-electron chi connectivity index (χ4n) is 2.41. The van der Waals surface area contributed by atoms with Gasteiger partial charge in [-0.15, -0.1) is 11.3 Å². The largest absolute Gasteiger partial charge is 0.348 e. The molecule has 1 atom stereocenters. The minimum atomic E-state index is -0.0197. The summed E-state index contributed by atoms with van der Waals surface area (Å²) in [6, 6.07) is 7.77. The molecule has 1 unspecified atom stereocenters. The van der Waals surface area contributed by atoms with Gasteiger partial charge in [-0.05, 0) is 31.9 Å². The third-order valence-corrected chi connectivity index (χ3v) is 4.66. The molecular weight excluding hydrogens is 282 g/mol. The van der Waals surface area contributed by atoms with E-state index in [9.17, 15) is 4.79 Å². The summed E-state index contributed by atoms with van der Waals surface area (Å²) in [6.45, 7) is 6.40. The molecule has 0 spiro atoms. The summed E-state index contributed by atoms with van der Waals surface area (Å²) in [4.78, 5) is 17.7. The van der Waals surface area contributed by atoms with E-state index in [-0.39, 0.29) is 11.9 Å². The number of nitrogens with zero attached hydrogens (tertiary/aromatic N) is 1. The number of carbonyl (C=O) groups is 1. The third kappa shape index (κ3) is 3.89. The highest BCUT2D eigenvalue weighted by Crippen LogP contribution is 2.24. The number of amides is 1. The molecule has 1 amide bonds. The van der Waals surface area contributed by atoms with E-state index in [1.165, 1.54) is 0 Å². The first-order valence-electron chi connectivity index (χ1n) is 7.01. The second kappa shape index (κ2) is 6.83. The lowest BCUT2D eigenvalue weighted by atomic mass is 10.0. The Morgan fingerprint density at radius 2 is 2.00 bits per heavy atom. The van der Waals surface area contributed by atoms with E-state index >= 15 is 0 Å². The van der Waals surface area contributed by atoms with Crippen molar-refractivity contribution in [2.24, 2.45) is 5.73 Å². The fourth-order valence-corrected chi connectivity index (χ4v) is 3.34. The van der Waals surface area contributed by atoms with Crippen LogP contribution in [0.1, 0.15) is 39.7 Å². The molecule has 0 radical (unpaired) electrons. The van der Waals surface area contributed by atoms with E-state index in [0.717, 1.165) is 26.7 Å². The lowest BCUT2D eigenvalue weighted by Crippen LogP contribution is -2.28. The van der Waals surface area contributed by atoms with E-state index in [4.69, 9.17) is 5.73 Å². The number of rotatable bonds is 5. The first-order valence-corrected chi connectivity index (χ1v) is 7.83. The number of carbonyl (C=O) groups excluding carboxylic acids is 1. The Morgan fingerprint density at radius 1 is 1.33 bits per heavy atom. The lowest BCUT2D eigenvalue weighted by molar-refractivity contribution is -0.121. The summed E-state index contributed by atoms with van der Waals surface area (Å²) in [7, 11) is 0. The van der Waals surface area contributed by atoms with Gasteiger partial charge in [0.1, 0.15) is 0 Å².